The van der Waals surface area contributed by atoms with Crippen molar-refractivity contribution in [2.75, 3.05) is 11.1 Å². The fourth-order valence-corrected chi connectivity index (χ4v) is 4.67. The van der Waals surface area contributed by atoms with Gasteiger partial charge in [0.25, 0.3) is 0 Å². The highest BCUT2D eigenvalue weighted by Gasteiger charge is 2.15. The maximum atomic E-state index is 12.6. The van der Waals surface area contributed by atoms with Gasteiger partial charge < -0.3 is 10.1 Å². The smallest absolute Gasteiger partial charge is 0.234 e. The quantitative estimate of drug-likeness (QED) is 0.205. The first-order valence-corrected chi connectivity index (χ1v) is 12.2. The van der Waals surface area contributed by atoms with Crippen molar-refractivity contribution in [3.8, 4) is 5.75 Å². The largest absolute Gasteiger partial charge is 0.485 e. The number of fused-ring (bicyclic) bond motifs is 2. The molecule has 0 bridgehead atoms. The molecule has 0 spiro atoms. The van der Waals surface area contributed by atoms with Gasteiger partial charge in [-0.1, -0.05) is 84.6 Å². The van der Waals surface area contributed by atoms with Crippen LogP contribution in [-0.4, -0.2) is 26.4 Å². The van der Waals surface area contributed by atoms with Crippen LogP contribution in [0.1, 0.15) is 5.82 Å². The number of rotatable bonds is 9. The summed E-state index contributed by atoms with van der Waals surface area (Å²) in [5, 5.41) is 16.6. The number of hydrogen-bond donors (Lipinski definition) is 1. The zero-order valence-electron chi connectivity index (χ0n) is 19.1. The molecule has 0 saturated carbocycles. The van der Waals surface area contributed by atoms with Crippen LogP contribution < -0.4 is 10.1 Å². The van der Waals surface area contributed by atoms with Gasteiger partial charge in [-0.05, 0) is 34.4 Å². The fourth-order valence-electron chi connectivity index (χ4n) is 3.90. The van der Waals surface area contributed by atoms with Gasteiger partial charge in [0, 0.05) is 17.6 Å². The van der Waals surface area contributed by atoms with Gasteiger partial charge in [-0.3, -0.25) is 9.36 Å². The van der Waals surface area contributed by atoms with E-state index in [1.807, 2.05) is 77.4 Å². The monoisotopic (exact) mass is 480 g/mol. The van der Waals surface area contributed by atoms with Crippen molar-refractivity contribution in [1.82, 2.24) is 14.8 Å². The molecule has 0 unspecified atom stereocenters. The van der Waals surface area contributed by atoms with Crippen molar-refractivity contribution in [3.05, 3.63) is 103 Å². The van der Waals surface area contributed by atoms with Crippen LogP contribution in [0.15, 0.2) is 103 Å². The minimum atomic E-state index is -0.105. The summed E-state index contributed by atoms with van der Waals surface area (Å²) in [6, 6.07) is 28.0. The topological polar surface area (TPSA) is 69.0 Å². The van der Waals surface area contributed by atoms with E-state index in [0.29, 0.717) is 17.5 Å². The molecule has 1 N–H and O–H groups in total. The zero-order valence-corrected chi connectivity index (χ0v) is 19.9. The van der Waals surface area contributed by atoms with Crippen molar-refractivity contribution in [2.45, 2.75) is 18.3 Å². The summed E-state index contributed by atoms with van der Waals surface area (Å²) in [5.74, 6) is 1.58. The van der Waals surface area contributed by atoms with Gasteiger partial charge in [0.15, 0.2) is 11.0 Å². The van der Waals surface area contributed by atoms with E-state index >= 15 is 0 Å². The molecule has 0 aliphatic rings. The Morgan fingerprint density at radius 3 is 2.57 bits per heavy atom. The van der Waals surface area contributed by atoms with Crippen LogP contribution >= 0.6 is 11.8 Å². The van der Waals surface area contributed by atoms with E-state index in [2.05, 4.69) is 34.2 Å². The van der Waals surface area contributed by atoms with E-state index in [-0.39, 0.29) is 18.3 Å². The summed E-state index contributed by atoms with van der Waals surface area (Å²) < 4.78 is 8.02. The molecule has 1 heterocycles. The molecule has 5 aromatic rings. The number of hydrogen-bond acceptors (Lipinski definition) is 5. The van der Waals surface area contributed by atoms with Crippen LogP contribution in [0, 0.1) is 0 Å². The Morgan fingerprint density at radius 1 is 0.943 bits per heavy atom. The Balaban J connectivity index is 1.24. The lowest BCUT2D eigenvalue weighted by atomic mass is 10.1. The van der Waals surface area contributed by atoms with Gasteiger partial charge in [0.1, 0.15) is 12.4 Å². The van der Waals surface area contributed by atoms with Crippen LogP contribution in [0.3, 0.4) is 0 Å². The van der Waals surface area contributed by atoms with Crippen molar-refractivity contribution < 1.29 is 9.53 Å². The number of thioether (sulfide) groups is 1. The lowest BCUT2D eigenvalue weighted by molar-refractivity contribution is -0.113. The van der Waals surface area contributed by atoms with Gasteiger partial charge in [0.05, 0.1) is 5.75 Å². The third-order valence-corrected chi connectivity index (χ3v) is 6.54. The molecule has 1 aromatic heterocycles. The molecular formula is C28H24N4O2S. The number of anilines is 1. The minimum Gasteiger partial charge on any atom is -0.485 e. The van der Waals surface area contributed by atoms with Crippen molar-refractivity contribution >= 4 is 44.9 Å². The number of carbonyl (C=O) groups excluding carboxylic acids is 1. The van der Waals surface area contributed by atoms with Gasteiger partial charge >= 0.3 is 0 Å². The van der Waals surface area contributed by atoms with Crippen LogP contribution in [0.2, 0.25) is 0 Å². The van der Waals surface area contributed by atoms with Crippen molar-refractivity contribution in [1.29, 1.82) is 0 Å². The fraction of sp³-hybridized carbons (Fsp3) is 0.107. The molecule has 5 rings (SSSR count). The first kappa shape index (κ1) is 22.7. The molecule has 0 radical (unpaired) electrons. The maximum Gasteiger partial charge on any atom is 0.234 e. The lowest BCUT2D eigenvalue weighted by Crippen LogP contribution is -2.15. The first-order valence-electron chi connectivity index (χ1n) is 11.3. The summed E-state index contributed by atoms with van der Waals surface area (Å²) in [7, 11) is 0. The molecule has 0 aliphatic heterocycles. The Hall–Kier alpha value is -4.10. The van der Waals surface area contributed by atoms with Crippen LogP contribution in [0.25, 0.3) is 21.5 Å². The number of benzene rings is 4. The molecule has 0 atom stereocenters. The SMILES string of the molecule is C=CCn1c(COc2cccc3ccccc23)nnc1SCC(=O)Nc1ccc2ccccc2c1. The second-order valence-corrected chi connectivity index (χ2v) is 8.91. The van der Waals surface area contributed by atoms with E-state index in [1.54, 1.807) is 6.08 Å². The second-order valence-electron chi connectivity index (χ2n) is 7.96. The highest BCUT2D eigenvalue weighted by Crippen LogP contribution is 2.26. The first-order chi connectivity index (χ1) is 17.2. The summed E-state index contributed by atoms with van der Waals surface area (Å²) in [6.45, 7) is 4.63. The number of allylic oxidation sites excluding steroid dienone is 1. The third kappa shape index (κ3) is 5.20. The summed E-state index contributed by atoms with van der Waals surface area (Å²) in [6.07, 6.45) is 1.78. The van der Waals surface area contributed by atoms with E-state index < -0.39 is 0 Å². The minimum absolute atomic E-state index is 0.105. The van der Waals surface area contributed by atoms with Crippen molar-refractivity contribution in [2.24, 2.45) is 0 Å². The predicted molar refractivity (Wildman–Crippen MR) is 142 cm³/mol. The normalized spacial score (nSPS) is 11.0. The highest BCUT2D eigenvalue weighted by atomic mass is 32.2. The Morgan fingerprint density at radius 2 is 1.71 bits per heavy atom. The molecule has 7 heteroatoms. The Kier molecular flexibility index (Phi) is 6.77. The van der Waals surface area contributed by atoms with E-state index in [0.717, 1.165) is 33.0 Å². The highest BCUT2D eigenvalue weighted by molar-refractivity contribution is 7.99. The number of nitrogens with zero attached hydrogens (tertiary/aromatic N) is 3. The van der Waals surface area contributed by atoms with Gasteiger partial charge in [-0.15, -0.1) is 16.8 Å². The van der Waals surface area contributed by atoms with Crippen LogP contribution in [0.4, 0.5) is 5.69 Å². The average molecular weight is 481 g/mol. The molecule has 6 nitrogen and oxygen atoms in total. The Bertz CT molecular complexity index is 1510. The molecule has 174 valence electrons. The van der Waals surface area contributed by atoms with E-state index in [4.69, 9.17) is 4.74 Å². The van der Waals surface area contributed by atoms with Crippen molar-refractivity contribution in [3.63, 3.8) is 0 Å². The summed E-state index contributed by atoms with van der Waals surface area (Å²) in [5.41, 5.74) is 0.769. The molecule has 4 aromatic carbocycles. The van der Waals surface area contributed by atoms with Crippen LogP contribution in [-0.2, 0) is 17.9 Å². The number of carbonyl (C=O) groups is 1. The average Bonchev–Trinajstić information content (AvgIpc) is 3.27. The van der Waals surface area contributed by atoms with E-state index in [1.165, 1.54) is 11.8 Å². The van der Waals surface area contributed by atoms with Gasteiger partial charge in [-0.2, -0.15) is 0 Å². The third-order valence-electron chi connectivity index (χ3n) is 5.58. The van der Waals surface area contributed by atoms with E-state index in [9.17, 15) is 4.79 Å². The zero-order chi connectivity index (χ0) is 24.0. The summed E-state index contributed by atoms with van der Waals surface area (Å²) in [4.78, 5) is 12.6. The molecule has 0 aliphatic carbocycles. The lowest BCUT2D eigenvalue weighted by Gasteiger charge is -2.11. The second kappa shape index (κ2) is 10.4. The van der Waals surface area contributed by atoms with Gasteiger partial charge in [0.2, 0.25) is 5.91 Å². The number of aromatic nitrogens is 3. The standard InChI is InChI=1S/C28H24N4O2S/c1-2-16-32-26(18-34-25-13-7-11-21-9-5-6-12-24(21)25)30-31-28(32)35-19-27(33)29-23-15-14-20-8-3-4-10-22(20)17-23/h2-15,17H,1,16,18-19H2,(H,29,33). The predicted octanol–water partition coefficient (Wildman–Crippen LogP) is 6.08. The molecule has 1 amide bonds. The van der Waals surface area contributed by atoms with Gasteiger partial charge in [-0.25, -0.2) is 0 Å². The maximum absolute atomic E-state index is 12.6. The molecule has 0 fully saturated rings. The number of nitrogens with one attached hydrogen (secondary N) is 1. The molecule has 0 saturated heterocycles. The number of amides is 1. The molecule has 35 heavy (non-hydrogen) atoms. The molecular weight excluding hydrogens is 456 g/mol. The van der Waals surface area contributed by atoms with Crippen LogP contribution in [0.5, 0.6) is 5.75 Å². The Labute approximate surface area is 207 Å². The summed E-state index contributed by atoms with van der Waals surface area (Å²) >= 11 is 1.34. The number of ether oxygens (including phenoxy) is 1.